The molecule has 4 rings (SSSR count). The Morgan fingerprint density at radius 3 is 1.90 bits per heavy atom. The van der Waals surface area contributed by atoms with E-state index in [2.05, 4.69) is 111 Å². The molecule has 0 saturated heterocycles. The molecule has 0 aliphatic rings. The largest absolute Gasteiger partial charge is 0.512 e. The Kier molecular flexibility index (Phi) is 10.9. The summed E-state index contributed by atoms with van der Waals surface area (Å²) in [5.74, 6) is -0.0625. The number of nitrogens with zero attached hydrogens (tertiary/aromatic N) is 1. The smallest absolute Gasteiger partial charge is 0.155 e. The maximum atomic E-state index is 10.0. The van der Waals surface area contributed by atoms with Gasteiger partial charge in [-0.3, -0.25) is 9.78 Å². The van der Waals surface area contributed by atoms with Crippen molar-refractivity contribution in [2.24, 2.45) is 0 Å². The summed E-state index contributed by atoms with van der Waals surface area (Å²) in [5.41, 5.74) is 10.2. The summed E-state index contributed by atoms with van der Waals surface area (Å²) >= 11 is 1.79. The van der Waals surface area contributed by atoms with Gasteiger partial charge in [0.25, 0.3) is 0 Å². The zero-order valence-electron chi connectivity index (χ0n) is 25.7. The summed E-state index contributed by atoms with van der Waals surface area (Å²) in [6.45, 7) is 23.0. The fraction of sp³-hybridized carbons (Fsp3) is 0.371. The van der Waals surface area contributed by atoms with E-state index in [1.807, 2.05) is 0 Å². The molecule has 4 aromatic rings. The minimum absolute atomic E-state index is 0. The molecule has 0 aliphatic heterocycles. The van der Waals surface area contributed by atoms with Gasteiger partial charge in [-0.25, -0.2) is 0 Å². The van der Waals surface area contributed by atoms with Crippen molar-refractivity contribution in [3.05, 3.63) is 88.2 Å². The van der Waals surface area contributed by atoms with Crippen molar-refractivity contribution in [2.45, 2.75) is 87.0 Å². The fourth-order valence-electron chi connectivity index (χ4n) is 4.56. The molecule has 0 fully saturated rings. The third kappa shape index (κ3) is 8.46. The van der Waals surface area contributed by atoms with Gasteiger partial charge >= 0.3 is 0 Å². The van der Waals surface area contributed by atoms with Gasteiger partial charge in [0.05, 0.1) is 5.76 Å². The Hall–Kier alpha value is -2.59. The van der Waals surface area contributed by atoms with Gasteiger partial charge in [0.1, 0.15) is 4.83 Å². The molecular weight excluding hydrogens is 691 g/mol. The van der Waals surface area contributed by atoms with Crippen LogP contribution in [0.25, 0.3) is 31.9 Å². The molecule has 5 heteroatoms. The van der Waals surface area contributed by atoms with Crippen LogP contribution < -0.4 is 0 Å². The Labute approximate surface area is 258 Å². The third-order valence-corrected chi connectivity index (χ3v) is 7.65. The van der Waals surface area contributed by atoms with Gasteiger partial charge in [-0.15, -0.1) is 46.2 Å². The van der Waals surface area contributed by atoms with Crippen molar-refractivity contribution < 1.29 is 30.0 Å². The minimum atomic E-state index is -0.125. The molecule has 1 radical (unpaired) electrons. The van der Waals surface area contributed by atoms with Crippen LogP contribution in [0.5, 0.6) is 0 Å². The molecule has 1 N–H and O–H groups in total. The second-order valence-corrected chi connectivity index (χ2v) is 13.6. The Morgan fingerprint density at radius 2 is 1.43 bits per heavy atom. The van der Waals surface area contributed by atoms with E-state index in [1.165, 1.54) is 58.0 Å². The summed E-state index contributed by atoms with van der Waals surface area (Å²) in [7, 11) is 0. The van der Waals surface area contributed by atoms with Crippen molar-refractivity contribution in [1.29, 1.82) is 0 Å². The van der Waals surface area contributed by atoms with Gasteiger partial charge in [-0.05, 0) is 72.5 Å². The molecule has 0 spiro atoms. The van der Waals surface area contributed by atoms with Gasteiger partial charge < -0.3 is 5.11 Å². The molecule has 2 aromatic heterocycles. The quantitative estimate of drug-likeness (QED) is 0.130. The Balaban J connectivity index is 0.000000623. The molecule has 0 aliphatic carbocycles. The number of carbonyl (C=O) groups excluding carboxylic acids is 1. The topological polar surface area (TPSA) is 50.2 Å². The van der Waals surface area contributed by atoms with Gasteiger partial charge in [0, 0.05) is 36.4 Å². The zero-order chi connectivity index (χ0) is 29.3. The molecule has 0 atom stereocenters. The maximum Gasteiger partial charge on any atom is 0.155 e. The molecule has 0 amide bonds. The number of hydrogen-bond donors (Lipinski definition) is 1. The predicted octanol–water partition coefficient (Wildman–Crippen LogP) is 9.99. The number of aromatic nitrogens is 1. The van der Waals surface area contributed by atoms with E-state index in [4.69, 9.17) is 10.1 Å². The summed E-state index contributed by atoms with van der Waals surface area (Å²) in [4.78, 5) is 17.5. The number of rotatable bonds is 3. The van der Waals surface area contributed by atoms with E-state index in [-0.39, 0.29) is 42.5 Å². The Morgan fingerprint density at radius 1 is 0.875 bits per heavy atom. The molecule has 215 valence electrons. The normalized spacial score (nSPS) is 12.0. The number of hydrogen-bond acceptors (Lipinski definition) is 4. The average Bonchev–Trinajstić information content (AvgIpc) is 3.19. The number of allylic oxidation sites excluding steroid dienone is 2. The van der Waals surface area contributed by atoms with Gasteiger partial charge in [0.2, 0.25) is 0 Å². The van der Waals surface area contributed by atoms with Crippen LogP contribution in [0.15, 0.2) is 54.3 Å². The van der Waals surface area contributed by atoms with E-state index in [0.717, 1.165) is 21.7 Å². The first-order valence-electron chi connectivity index (χ1n) is 13.4. The standard InChI is InChI=1S/C30H34NS.C5H8O2.Ir/c1-18-12-22(16-23(13-18)29(4,5)6)25-11-10-21-17-26(32-28(21)31-25)27-19(2)14-24(15-20(27)3)30(7,8)9;1-4(6)3-5(2)7;/h10-11,13-17H,1-9H3;3,6H,1-2H3;/q-1;;/b;4-3-;. The first kappa shape index (κ1) is 33.6. The first-order valence-corrected chi connectivity index (χ1v) is 14.2. The summed E-state index contributed by atoms with van der Waals surface area (Å²) in [6.07, 6.45) is 1.17. The monoisotopic (exact) mass is 733 g/mol. The van der Waals surface area contributed by atoms with E-state index in [0.29, 0.717) is 0 Å². The number of benzene rings is 2. The zero-order valence-corrected chi connectivity index (χ0v) is 28.9. The SMILES string of the molecule is CC(=O)/C=C(/C)O.Cc1[c-]c(-c2ccc3cc(-c4c(C)cc(C(C)(C)C)cc4C)sc3n2)cc(C(C)(C)C)c1.[Ir]. The third-order valence-electron chi connectivity index (χ3n) is 6.59. The van der Waals surface area contributed by atoms with Crippen molar-refractivity contribution in [3.63, 3.8) is 0 Å². The molecule has 0 bridgehead atoms. The molecule has 2 heterocycles. The summed E-state index contributed by atoms with van der Waals surface area (Å²) in [5, 5.41) is 9.57. The van der Waals surface area contributed by atoms with Gasteiger partial charge in [-0.2, -0.15) is 0 Å². The van der Waals surface area contributed by atoms with Crippen molar-refractivity contribution in [3.8, 4) is 21.7 Å². The number of ketones is 1. The first-order chi connectivity index (χ1) is 18.0. The number of pyridine rings is 1. The molecule has 3 nitrogen and oxygen atoms in total. The number of aliphatic hydroxyl groups is 1. The van der Waals surface area contributed by atoms with Crippen LogP contribution in [0.2, 0.25) is 0 Å². The molecule has 40 heavy (non-hydrogen) atoms. The van der Waals surface area contributed by atoms with Crippen LogP contribution >= 0.6 is 11.3 Å². The van der Waals surface area contributed by atoms with E-state index in [9.17, 15) is 4.79 Å². The number of carbonyl (C=O) groups is 1. The molecule has 0 saturated carbocycles. The second kappa shape index (κ2) is 12.9. The number of thiophene rings is 1. The second-order valence-electron chi connectivity index (χ2n) is 12.5. The van der Waals surface area contributed by atoms with Crippen LogP contribution in [0.1, 0.15) is 83.2 Å². The van der Waals surface area contributed by atoms with Gasteiger partial charge in [0.15, 0.2) is 5.78 Å². The molecular formula is C35H42IrNO2S-. The Bertz CT molecular complexity index is 1520. The van der Waals surface area contributed by atoms with E-state index < -0.39 is 0 Å². The van der Waals surface area contributed by atoms with Crippen LogP contribution in [0.3, 0.4) is 0 Å². The average molecular weight is 733 g/mol. The number of aliphatic hydroxyl groups excluding tert-OH is 1. The fourth-order valence-corrected chi connectivity index (χ4v) is 5.76. The van der Waals surface area contributed by atoms with Crippen molar-refractivity contribution >= 4 is 27.3 Å². The van der Waals surface area contributed by atoms with Crippen LogP contribution in [-0.4, -0.2) is 15.9 Å². The van der Waals surface area contributed by atoms with Crippen LogP contribution in [0, 0.1) is 26.8 Å². The predicted molar refractivity (Wildman–Crippen MR) is 168 cm³/mol. The summed E-state index contributed by atoms with van der Waals surface area (Å²) < 4.78 is 0. The van der Waals surface area contributed by atoms with E-state index >= 15 is 0 Å². The molecule has 2 aromatic carbocycles. The van der Waals surface area contributed by atoms with Gasteiger partial charge in [-0.1, -0.05) is 72.7 Å². The minimum Gasteiger partial charge on any atom is -0.512 e. The summed E-state index contributed by atoms with van der Waals surface area (Å²) in [6, 6.07) is 19.3. The van der Waals surface area contributed by atoms with Crippen molar-refractivity contribution in [1.82, 2.24) is 4.98 Å². The van der Waals surface area contributed by atoms with Crippen molar-refractivity contribution in [2.75, 3.05) is 0 Å². The van der Waals surface area contributed by atoms with Crippen LogP contribution in [0.4, 0.5) is 0 Å². The molecule has 0 unspecified atom stereocenters. The number of fused-ring (bicyclic) bond motifs is 1. The number of aryl methyl sites for hydroxylation is 3. The maximum absolute atomic E-state index is 10.0. The van der Waals surface area contributed by atoms with Crippen LogP contribution in [-0.2, 0) is 35.7 Å². The van der Waals surface area contributed by atoms with E-state index in [1.54, 1.807) is 11.3 Å².